The van der Waals surface area contributed by atoms with E-state index in [2.05, 4.69) is 18.4 Å². The molecule has 0 saturated carbocycles. The second kappa shape index (κ2) is 5.58. The molecule has 0 atom stereocenters. The lowest BCUT2D eigenvalue weighted by molar-refractivity contribution is 0.0955. The number of fused-ring (bicyclic) bond motifs is 1. The van der Waals surface area contributed by atoms with E-state index in [0.717, 1.165) is 27.7 Å². The summed E-state index contributed by atoms with van der Waals surface area (Å²) < 4.78 is 0. The fourth-order valence-corrected chi connectivity index (χ4v) is 2.68. The number of nitrogens with zero attached hydrogens (tertiary/aromatic N) is 1. The van der Waals surface area contributed by atoms with Crippen molar-refractivity contribution in [3.63, 3.8) is 0 Å². The van der Waals surface area contributed by atoms with Crippen molar-refractivity contribution in [3.8, 4) is 11.3 Å². The molecule has 3 rings (SSSR count). The molecule has 0 bridgehead atoms. The lowest BCUT2D eigenvalue weighted by atomic mass is 9.99. The minimum atomic E-state index is -0.315. The fraction of sp³-hybridized carbons (Fsp3) is 0.111. The Hall–Kier alpha value is -2.72. The Labute approximate surface area is 129 Å². The van der Waals surface area contributed by atoms with Gasteiger partial charge in [0, 0.05) is 10.9 Å². The number of benzene rings is 2. The summed E-state index contributed by atoms with van der Waals surface area (Å²) in [6.07, 6.45) is 0. The van der Waals surface area contributed by atoms with E-state index in [0.29, 0.717) is 5.56 Å². The van der Waals surface area contributed by atoms with E-state index in [1.807, 2.05) is 43.3 Å². The fourth-order valence-electron chi connectivity index (χ4n) is 2.68. The summed E-state index contributed by atoms with van der Waals surface area (Å²) >= 11 is 0. The van der Waals surface area contributed by atoms with Crippen LogP contribution in [0.3, 0.4) is 0 Å². The smallest absolute Gasteiger partial charge is 0.265 e. The van der Waals surface area contributed by atoms with Crippen molar-refractivity contribution in [3.05, 3.63) is 65.2 Å². The Morgan fingerprint density at radius 3 is 2.59 bits per heavy atom. The molecule has 3 N–H and O–H groups in total. The molecule has 1 amide bonds. The van der Waals surface area contributed by atoms with Crippen LogP contribution in [0.1, 0.15) is 21.5 Å². The summed E-state index contributed by atoms with van der Waals surface area (Å²) in [5.41, 5.74) is 7.63. The van der Waals surface area contributed by atoms with Gasteiger partial charge in [0.15, 0.2) is 0 Å². The van der Waals surface area contributed by atoms with Gasteiger partial charge in [-0.2, -0.15) is 0 Å². The maximum atomic E-state index is 12.1. The Morgan fingerprint density at radius 2 is 1.86 bits per heavy atom. The van der Waals surface area contributed by atoms with Gasteiger partial charge in [-0.15, -0.1) is 0 Å². The second-order valence-corrected chi connectivity index (χ2v) is 5.36. The van der Waals surface area contributed by atoms with Gasteiger partial charge in [0.05, 0.1) is 16.8 Å². The molecule has 1 heterocycles. The maximum Gasteiger partial charge on any atom is 0.265 e. The number of amides is 1. The highest BCUT2D eigenvalue weighted by Gasteiger charge is 2.13. The van der Waals surface area contributed by atoms with Crippen molar-refractivity contribution in [2.75, 3.05) is 0 Å². The molecule has 0 unspecified atom stereocenters. The predicted octanol–water partition coefficient (Wildman–Crippen LogP) is 3.12. The Morgan fingerprint density at radius 1 is 1.09 bits per heavy atom. The highest BCUT2D eigenvalue weighted by molar-refractivity contribution is 6.07. The zero-order valence-corrected chi connectivity index (χ0v) is 12.6. The molecule has 0 aliphatic rings. The lowest BCUT2D eigenvalue weighted by Gasteiger charge is -2.11. The van der Waals surface area contributed by atoms with E-state index < -0.39 is 0 Å². The zero-order valence-electron chi connectivity index (χ0n) is 12.6. The van der Waals surface area contributed by atoms with Crippen LogP contribution in [0.15, 0.2) is 48.5 Å². The van der Waals surface area contributed by atoms with Crippen LogP contribution < -0.4 is 11.3 Å². The minimum absolute atomic E-state index is 0.315. The number of carbonyl (C=O) groups is 1. The quantitative estimate of drug-likeness (QED) is 0.433. The largest absolute Gasteiger partial charge is 0.290 e. The van der Waals surface area contributed by atoms with Crippen LogP contribution in [-0.4, -0.2) is 10.9 Å². The third kappa shape index (κ3) is 2.44. The summed E-state index contributed by atoms with van der Waals surface area (Å²) in [5.74, 6) is 5.00. The van der Waals surface area contributed by atoms with E-state index in [1.165, 1.54) is 5.56 Å². The minimum Gasteiger partial charge on any atom is -0.290 e. The Balaban J connectivity index is 2.29. The van der Waals surface area contributed by atoms with E-state index >= 15 is 0 Å². The molecule has 0 aliphatic carbocycles. The van der Waals surface area contributed by atoms with Crippen molar-refractivity contribution >= 4 is 16.8 Å². The van der Waals surface area contributed by atoms with Gasteiger partial charge in [0.2, 0.25) is 0 Å². The van der Waals surface area contributed by atoms with Crippen LogP contribution in [0.4, 0.5) is 0 Å². The normalized spacial score (nSPS) is 10.7. The monoisotopic (exact) mass is 291 g/mol. The third-order valence-corrected chi connectivity index (χ3v) is 3.75. The number of hydrogen-bond donors (Lipinski definition) is 2. The van der Waals surface area contributed by atoms with Gasteiger partial charge in [0.1, 0.15) is 0 Å². The molecular weight excluding hydrogens is 274 g/mol. The Bertz CT molecular complexity index is 871. The van der Waals surface area contributed by atoms with Crippen molar-refractivity contribution in [1.29, 1.82) is 0 Å². The van der Waals surface area contributed by atoms with Gasteiger partial charge in [0.25, 0.3) is 5.91 Å². The number of aromatic nitrogens is 1. The average Bonchev–Trinajstić information content (AvgIpc) is 2.53. The van der Waals surface area contributed by atoms with Crippen molar-refractivity contribution in [1.82, 2.24) is 10.4 Å². The van der Waals surface area contributed by atoms with Gasteiger partial charge in [-0.25, -0.2) is 10.8 Å². The summed E-state index contributed by atoms with van der Waals surface area (Å²) in [6.45, 7) is 4.10. The number of carbonyl (C=O) groups excluding carboxylic acids is 1. The van der Waals surface area contributed by atoms with Crippen LogP contribution in [0.2, 0.25) is 0 Å². The molecule has 1 aromatic heterocycles. The van der Waals surface area contributed by atoms with Gasteiger partial charge >= 0.3 is 0 Å². The number of nitrogens with one attached hydrogen (secondary N) is 1. The molecule has 110 valence electrons. The molecule has 22 heavy (non-hydrogen) atoms. The number of rotatable bonds is 2. The van der Waals surface area contributed by atoms with E-state index in [4.69, 9.17) is 10.8 Å². The number of hydrazine groups is 1. The van der Waals surface area contributed by atoms with E-state index in [-0.39, 0.29) is 5.91 Å². The predicted molar refractivity (Wildman–Crippen MR) is 88.3 cm³/mol. The van der Waals surface area contributed by atoms with Crippen molar-refractivity contribution < 1.29 is 4.79 Å². The molecule has 0 fully saturated rings. The second-order valence-electron chi connectivity index (χ2n) is 5.36. The number of aryl methyl sites for hydroxylation is 2. The van der Waals surface area contributed by atoms with Gasteiger partial charge in [-0.3, -0.25) is 10.2 Å². The van der Waals surface area contributed by atoms with Crippen molar-refractivity contribution in [2.45, 2.75) is 13.8 Å². The first-order valence-electron chi connectivity index (χ1n) is 7.08. The number of nitrogen functional groups attached to an aromatic ring is 1. The van der Waals surface area contributed by atoms with E-state index in [9.17, 15) is 4.79 Å². The number of pyridine rings is 1. The summed E-state index contributed by atoms with van der Waals surface area (Å²) in [5, 5.41) is 0.791. The Kier molecular flexibility index (Phi) is 3.61. The first-order chi connectivity index (χ1) is 10.6. The molecular formula is C18H17N3O. The summed E-state index contributed by atoms with van der Waals surface area (Å²) in [4.78, 5) is 16.8. The first kappa shape index (κ1) is 14.2. The highest BCUT2D eigenvalue weighted by Crippen LogP contribution is 2.27. The highest BCUT2D eigenvalue weighted by atomic mass is 16.2. The van der Waals surface area contributed by atoms with Gasteiger partial charge < -0.3 is 0 Å². The molecule has 0 radical (unpaired) electrons. The molecule has 4 nitrogen and oxygen atoms in total. The number of nitrogens with two attached hydrogens (primary N) is 1. The molecule has 0 aliphatic heterocycles. The SMILES string of the molecule is Cc1ccc(-c2cc(C(=O)NN)c3ccccc3n2)c(C)c1. The number of para-hydroxylation sites is 1. The van der Waals surface area contributed by atoms with Gasteiger partial charge in [-0.1, -0.05) is 42.0 Å². The van der Waals surface area contributed by atoms with Crippen LogP contribution in [0, 0.1) is 13.8 Å². The topological polar surface area (TPSA) is 68.0 Å². The molecule has 0 saturated heterocycles. The van der Waals surface area contributed by atoms with Crippen LogP contribution in [0.5, 0.6) is 0 Å². The standard InChI is InChI=1S/C18H17N3O/c1-11-7-8-13(12(2)9-11)17-10-15(18(22)21-19)14-5-3-4-6-16(14)20-17/h3-10H,19H2,1-2H3,(H,21,22). The summed E-state index contributed by atoms with van der Waals surface area (Å²) in [6, 6.07) is 15.5. The summed E-state index contributed by atoms with van der Waals surface area (Å²) in [7, 11) is 0. The molecule has 4 heteroatoms. The number of hydrogen-bond acceptors (Lipinski definition) is 3. The maximum absolute atomic E-state index is 12.1. The molecule has 3 aromatic rings. The van der Waals surface area contributed by atoms with Crippen LogP contribution in [-0.2, 0) is 0 Å². The molecule has 0 spiro atoms. The van der Waals surface area contributed by atoms with Crippen LogP contribution in [0.25, 0.3) is 22.2 Å². The molecule has 2 aromatic carbocycles. The third-order valence-electron chi connectivity index (χ3n) is 3.75. The van der Waals surface area contributed by atoms with E-state index in [1.54, 1.807) is 6.07 Å². The zero-order chi connectivity index (χ0) is 15.7. The van der Waals surface area contributed by atoms with Crippen LogP contribution >= 0.6 is 0 Å². The lowest BCUT2D eigenvalue weighted by Crippen LogP contribution is -2.30. The average molecular weight is 291 g/mol. The first-order valence-corrected chi connectivity index (χ1v) is 7.08. The van der Waals surface area contributed by atoms with Crippen molar-refractivity contribution in [2.24, 2.45) is 5.84 Å². The van der Waals surface area contributed by atoms with Gasteiger partial charge in [-0.05, 0) is 31.5 Å².